The van der Waals surface area contributed by atoms with Gasteiger partial charge in [0.25, 0.3) is 0 Å². The van der Waals surface area contributed by atoms with E-state index < -0.39 is 0 Å². The molecule has 1 N–H and O–H groups in total. The minimum Gasteiger partial charge on any atom is -0.462 e. The molecule has 0 aliphatic carbocycles. The maximum absolute atomic E-state index is 11.0. The molecule has 0 fully saturated rings. The summed E-state index contributed by atoms with van der Waals surface area (Å²) in [5, 5.41) is 9.18. The highest BCUT2D eigenvalue weighted by Gasteiger charge is 2.15. The first-order valence-electron chi connectivity index (χ1n) is 5.88. The molecule has 0 rings (SSSR count). The molecular formula is C12H23NO3S. The zero-order valence-electron chi connectivity index (χ0n) is 11.1. The standard InChI is InChI=1S/C12H23NO3S/c1-9(14)6-5-7-11(16-10(2)15)8-12(17)13(3)4/h9,11,14H,5-8H2,1-4H3/t9-,11+/m1/s1. The van der Waals surface area contributed by atoms with Crippen molar-refractivity contribution < 1.29 is 14.6 Å². The number of hydrogen-bond donors (Lipinski definition) is 1. The van der Waals surface area contributed by atoms with Crippen molar-refractivity contribution >= 4 is 23.2 Å². The van der Waals surface area contributed by atoms with Crippen molar-refractivity contribution in [1.29, 1.82) is 0 Å². The van der Waals surface area contributed by atoms with Gasteiger partial charge in [-0.05, 0) is 26.2 Å². The van der Waals surface area contributed by atoms with E-state index in [-0.39, 0.29) is 18.2 Å². The van der Waals surface area contributed by atoms with E-state index in [1.54, 1.807) is 6.92 Å². The third-order valence-corrected chi connectivity index (χ3v) is 2.91. The second kappa shape index (κ2) is 8.42. The lowest BCUT2D eigenvalue weighted by atomic mass is 10.1. The number of rotatable bonds is 7. The number of hydrogen-bond acceptors (Lipinski definition) is 4. The van der Waals surface area contributed by atoms with E-state index in [0.29, 0.717) is 12.8 Å². The maximum Gasteiger partial charge on any atom is 0.302 e. The Morgan fingerprint density at radius 2 is 2.00 bits per heavy atom. The van der Waals surface area contributed by atoms with Crippen molar-refractivity contribution in [3.63, 3.8) is 0 Å². The number of aliphatic hydroxyl groups excluding tert-OH is 1. The first-order valence-corrected chi connectivity index (χ1v) is 6.29. The fourth-order valence-electron chi connectivity index (χ4n) is 1.46. The fraction of sp³-hybridized carbons (Fsp3) is 0.833. The summed E-state index contributed by atoms with van der Waals surface area (Å²) in [5.41, 5.74) is 0. The molecule has 0 spiro atoms. The number of aliphatic hydroxyl groups is 1. The van der Waals surface area contributed by atoms with E-state index in [1.165, 1.54) is 6.92 Å². The van der Waals surface area contributed by atoms with Crippen LogP contribution in [0, 0.1) is 0 Å². The van der Waals surface area contributed by atoms with Gasteiger partial charge in [-0.15, -0.1) is 0 Å². The van der Waals surface area contributed by atoms with E-state index in [2.05, 4.69) is 0 Å². The predicted octanol–water partition coefficient (Wildman–Crippen LogP) is 1.75. The summed E-state index contributed by atoms with van der Waals surface area (Å²) in [4.78, 5) is 13.6. The summed E-state index contributed by atoms with van der Waals surface area (Å²) in [6.07, 6.45) is 2.35. The van der Waals surface area contributed by atoms with E-state index in [9.17, 15) is 9.90 Å². The van der Waals surface area contributed by atoms with Crippen LogP contribution in [-0.4, -0.2) is 47.3 Å². The summed E-state index contributed by atoms with van der Waals surface area (Å²) in [5.74, 6) is -0.284. The van der Waals surface area contributed by atoms with Crippen LogP contribution in [-0.2, 0) is 9.53 Å². The van der Waals surface area contributed by atoms with E-state index in [1.807, 2.05) is 19.0 Å². The summed E-state index contributed by atoms with van der Waals surface area (Å²) in [7, 11) is 3.76. The highest BCUT2D eigenvalue weighted by atomic mass is 32.1. The van der Waals surface area contributed by atoms with Gasteiger partial charge in [0.05, 0.1) is 11.1 Å². The van der Waals surface area contributed by atoms with Crippen LogP contribution in [0.1, 0.15) is 39.5 Å². The van der Waals surface area contributed by atoms with Gasteiger partial charge in [-0.2, -0.15) is 0 Å². The van der Waals surface area contributed by atoms with Gasteiger partial charge in [-0.1, -0.05) is 12.2 Å². The van der Waals surface area contributed by atoms with Crippen molar-refractivity contribution in [3.05, 3.63) is 0 Å². The molecule has 0 aliphatic heterocycles. The molecule has 100 valence electrons. The molecule has 2 atom stereocenters. The normalized spacial score (nSPS) is 13.9. The number of ether oxygens (including phenoxy) is 1. The summed E-state index contributed by atoms with van der Waals surface area (Å²) in [6.45, 7) is 3.16. The van der Waals surface area contributed by atoms with Crippen molar-refractivity contribution in [1.82, 2.24) is 4.90 Å². The molecule has 0 aromatic rings. The second-order valence-corrected chi connectivity index (χ2v) is 4.97. The second-order valence-electron chi connectivity index (χ2n) is 4.50. The highest BCUT2D eigenvalue weighted by molar-refractivity contribution is 7.80. The minimum atomic E-state index is -0.311. The average Bonchev–Trinajstić information content (AvgIpc) is 2.15. The Morgan fingerprint density at radius 3 is 2.41 bits per heavy atom. The monoisotopic (exact) mass is 261 g/mol. The van der Waals surface area contributed by atoms with Crippen LogP contribution in [0.4, 0.5) is 0 Å². The van der Waals surface area contributed by atoms with E-state index in [4.69, 9.17) is 17.0 Å². The third kappa shape index (κ3) is 9.06. The zero-order valence-corrected chi connectivity index (χ0v) is 11.9. The molecule has 0 aromatic heterocycles. The average molecular weight is 261 g/mol. The number of thiocarbonyl (C=S) groups is 1. The first-order chi connectivity index (χ1) is 7.82. The third-order valence-electron chi connectivity index (χ3n) is 2.38. The number of nitrogens with zero attached hydrogens (tertiary/aromatic N) is 1. The molecule has 0 aromatic carbocycles. The molecule has 0 unspecified atom stereocenters. The number of carbonyl (C=O) groups excluding carboxylic acids is 1. The molecule has 0 aliphatic rings. The lowest BCUT2D eigenvalue weighted by Crippen LogP contribution is -2.27. The summed E-state index contributed by atoms with van der Waals surface area (Å²) in [6, 6.07) is 0. The van der Waals surface area contributed by atoms with Gasteiger partial charge in [0.2, 0.25) is 0 Å². The molecule has 17 heavy (non-hydrogen) atoms. The summed E-state index contributed by atoms with van der Waals surface area (Å²) >= 11 is 5.19. The largest absolute Gasteiger partial charge is 0.462 e. The van der Waals surface area contributed by atoms with Crippen LogP contribution in [0.15, 0.2) is 0 Å². The molecule has 5 heteroatoms. The molecule has 4 nitrogen and oxygen atoms in total. The van der Waals surface area contributed by atoms with Gasteiger partial charge in [0.1, 0.15) is 6.10 Å². The van der Waals surface area contributed by atoms with Crippen molar-refractivity contribution in [2.75, 3.05) is 14.1 Å². The van der Waals surface area contributed by atoms with Crippen LogP contribution in [0.2, 0.25) is 0 Å². The maximum atomic E-state index is 11.0. The number of carbonyl (C=O) groups is 1. The Morgan fingerprint density at radius 1 is 1.41 bits per heavy atom. The fourth-order valence-corrected chi connectivity index (χ4v) is 1.64. The smallest absolute Gasteiger partial charge is 0.302 e. The Kier molecular flexibility index (Phi) is 8.08. The van der Waals surface area contributed by atoms with Crippen molar-refractivity contribution in [2.24, 2.45) is 0 Å². The predicted molar refractivity (Wildman–Crippen MR) is 72.0 cm³/mol. The van der Waals surface area contributed by atoms with Crippen molar-refractivity contribution in [3.8, 4) is 0 Å². The van der Waals surface area contributed by atoms with Gasteiger partial charge >= 0.3 is 5.97 Å². The SMILES string of the molecule is CC(=O)O[C@@H](CCC[C@@H](C)O)CC(=S)N(C)C. The van der Waals surface area contributed by atoms with Gasteiger partial charge in [-0.3, -0.25) is 4.79 Å². The van der Waals surface area contributed by atoms with Crippen LogP contribution < -0.4 is 0 Å². The first kappa shape index (κ1) is 16.3. The Hall–Kier alpha value is -0.680. The van der Waals surface area contributed by atoms with E-state index >= 15 is 0 Å². The van der Waals surface area contributed by atoms with Gasteiger partial charge in [0.15, 0.2) is 0 Å². The van der Waals surface area contributed by atoms with Crippen LogP contribution >= 0.6 is 12.2 Å². The van der Waals surface area contributed by atoms with Crippen LogP contribution in [0.5, 0.6) is 0 Å². The molecular weight excluding hydrogens is 238 g/mol. The van der Waals surface area contributed by atoms with E-state index in [0.717, 1.165) is 17.8 Å². The quantitative estimate of drug-likeness (QED) is 0.559. The molecule has 0 saturated heterocycles. The van der Waals surface area contributed by atoms with Crippen LogP contribution in [0.25, 0.3) is 0 Å². The topological polar surface area (TPSA) is 49.8 Å². The van der Waals surface area contributed by atoms with Gasteiger partial charge in [0, 0.05) is 27.4 Å². The zero-order chi connectivity index (χ0) is 13.4. The van der Waals surface area contributed by atoms with Crippen LogP contribution in [0.3, 0.4) is 0 Å². The Balaban J connectivity index is 4.14. The van der Waals surface area contributed by atoms with Gasteiger partial charge < -0.3 is 14.7 Å². The lowest BCUT2D eigenvalue weighted by Gasteiger charge is -2.21. The molecule has 0 saturated carbocycles. The molecule has 0 amide bonds. The molecule has 0 heterocycles. The number of esters is 1. The van der Waals surface area contributed by atoms with Crippen molar-refractivity contribution in [2.45, 2.75) is 51.7 Å². The Labute approximate surface area is 109 Å². The lowest BCUT2D eigenvalue weighted by molar-refractivity contribution is -0.146. The molecule has 0 radical (unpaired) electrons. The Bertz CT molecular complexity index is 254. The highest BCUT2D eigenvalue weighted by Crippen LogP contribution is 2.12. The molecule has 0 bridgehead atoms. The van der Waals surface area contributed by atoms with Gasteiger partial charge in [-0.25, -0.2) is 0 Å². The summed E-state index contributed by atoms with van der Waals surface area (Å²) < 4.78 is 5.22. The minimum absolute atomic E-state index is 0.179.